The first-order valence-corrected chi connectivity index (χ1v) is 7.09. The summed E-state index contributed by atoms with van der Waals surface area (Å²) in [5, 5.41) is 2.82. The summed E-state index contributed by atoms with van der Waals surface area (Å²) >= 11 is 0. The zero-order chi connectivity index (χ0) is 15.5. The number of aromatic nitrogens is 2. The fraction of sp³-hybridized carbons (Fsp3) is 0.176. The first-order chi connectivity index (χ1) is 10.6. The minimum Gasteiger partial charge on any atom is -0.350 e. The molecule has 2 aromatic carbocycles. The van der Waals surface area contributed by atoms with Crippen LogP contribution in [0.4, 0.5) is 4.39 Å². The average molecular weight is 297 g/mol. The zero-order valence-corrected chi connectivity index (χ0v) is 12.2. The molecule has 1 atom stereocenters. The molecule has 1 N–H and O–H groups in total. The molecule has 0 radical (unpaired) electrons. The highest BCUT2D eigenvalue weighted by Crippen LogP contribution is 2.17. The summed E-state index contributed by atoms with van der Waals surface area (Å²) in [5.74, 6) is -0.437. The molecule has 22 heavy (non-hydrogen) atoms. The lowest BCUT2D eigenvalue weighted by atomic mass is 10.2. The summed E-state index contributed by atoms with van der Waals surface area (Å²) in [6.45, 7) is 2.11. The van der Waals surface area contributed by atoms with Crippen molar-refractivity contribution in [1.82, 2.24) is 14.9 Å². The van der Waals surface area contributed by atoms with Crippen LogP contribution in [0.1, 0.15) is 18.5 Å². The Morgan fingerprint density at radius 1 is 1.27 bits per heavy atom. The van der Waals surface area contributed by atoms with E-state index in [1.54, 1.807) is 18.5 Å². The first-order valence-electron chi connectivity index (χ1n) is 7.09. The lowest BCUT2D eigenvalue weighted by Gasteiger charge is -2.14. The molecule has 0 bridgehead atoms. The monoisotopic (exact) mass is 297 g/mol. The van der Waals surface area contributed by atoms with Gasteiger partial charge in [-0.2, -0.15) is 0 Å². The van der Waals surface area contributed by atoms with Crippen LogP contribution in [0.5, 0.6) is 0 Å². The van der Waals surface area contributed by atoms with E-state index in [1.165, 1.54) is 12.1 Å². The van der Waals surface area contributed by atoms with Crippen LogP contribution in [-0.2, 0) is 11.3 Å². The van der Waals surface area contributed by atoms with E-state index in [0.717, 1.165) is 16.6 Å². The van der Waals surface area contributed by atoms with Gasteiger partial charge in [-0.3, -0.25) is 4.79 Å². The molecule has 0 aliphatic carbocycles. The van der Waals surface area contributed by atoms with Gasteiger partial charge in [-0.15, -0.1) is 0 Å². The Morgan fingerprint density at radius 2 is 2.09 bits per heavy atom. The van der Waals surface area contributed by atoms with Crippen molar-refractivity contribution in [1.29, 1.82) is 0 Å². The number of para-hydroxylation sites is 2. The molecule has 0 spiro atoms. The third-order valence-electron chi connectivity index (χ3n) is 3.63. The van der Waals surface area contributed by atoms with Gasteiger partial charge < -0.3 is 9.88 Å². The van der Waals surface area contributed by atoms with Crippen molar-refractivity contribution in [2.75, 3.05) is 0 Å². The second-order valence-electron chi connectivity index (χ2n) is 5.16. The van der Waals surface area contributed by atoms with Gasteiger partial charge >= 0.3 is 0 Å². The van der Waals surface area contributed by atoms with Crippen LogP contribution >= 0.6 is 0 Å². The summed E-state index contributed by atoms with van der Waals surface area (Å²) in [4.78, 5) is 16.6. The van der Waals surface area contributed by atoms with Crippen LogP contribution in [0.25, 0.3) is 11.0 Å². The van der Waals surface area contributed by atoms with Crippen molar-refractivity contribution in [3.63, 3.8) is 0 Å². The first kappa shape index (κ1) is 14.3. The van der Waals surface area contributed by atoms with Gasteiger partial charge in [0, 0.05) is 6.54 Å². The summed E-state index contributed by atoms with van der Waals surface area (Å²) in [7, 11) is 0. The third kappa shape index (κ3) is 2.83. The molecule has 1 aromatic heterocycles. The molecule has 0 saturated carbocycles. The minimum absolute atomic E-state index is 0.132. The maximum absolute atomic E-state index is 13.1. The fourth-order valence-electron chi connectivity index (χ4n) is 2.40. The average Bonchev–Trinajstić information content (AvgIpc) is 2.96. The number of hydrogen-bond acceptors (Lipinski definition) is 2. The summed E-state index contributed by atoms with van der Waals surface area (Å²) < 4.78 is 15.0. The number of carbonyl (C=O) groups is 1. The van der Waals surface area contributed by atoms with Gasteiger partial charge in [0.05, 0.1) is 17.4 Å². The molecule has 4 nitrogen and oxygen atoms in total. The van der Waals surface area contributed by atoms with Gasteiger partial charge in [0.15, 0.2) is 0 Å². The number of halogens is 1. The number of nitrogens with one attached hydrogen (secondary N) is 1. The number of rotatable bonds is 4. The number of fused-ring (bicyclic) bond motifs is 1. The van der Waals surface area contributed by atoms with Gasteiger partial charge in [0.1, 0.15) is 11.9 Å². The Labute approximate surface area is 127 Å². The predicted molar refractivity (Wildman–Crippen MR) is 82.7 cm³/mol. The number of amides is 1. The minimum atomic E-state index is -0.388. The molecular weight excluding hydrogens is 281 g/mol. The highest BCUT2D eigenvalue weighted by atomic mass is 19.1. The number of carbonyl (C=O) groups excluding carboxylic acids is 1. The van der Waals surface area contributed by atoms with E-state index in [2.05, 4.69) is 10.3 Å². The predicted octanol–water partition coefficient (Wildman–Crippen LogP) is 3.05. The number of nitrogens with zero attached hydrogens (tertiary/aromatic N) is 2. The van der Waals surface area contributed by atoms with Gasteiger partial charge in [-0.05, 0) is 36.8 Å². The normalized spacial score (nSPS) is 12.3. The molecule has 1 unspecified atom stereocenters. The molecule has 1 amide bonds. The van der Waals surface area contributed by atoms with Gasteiger partial charge in [0.2, 0.25) is 5.91 Å². The van der Waals surface area contributed by atoms with Crippen LogP contribution < -0.4 is 5.32 Å². The molecule has 0 aliphatic rings. The third-order valence-corrected chi connectivity index (χ3v) is 3.63. The second kappa shape index (κ2) is 5.97. The molecular formula is C17H16FN3O. The van der Waals surface area contributed by atoms with Crippen LogP contribution in [0.15, 0.2) is 54.9 Å². The molecule has 0 fully saturated rings. The maximum atomic E-state index is 13.1. The van der Waals surface area contributed by atoms with Crippen molar-refractivity contribution < 1.29 is 9.18 Å². The maximum Gasteiger partial charge on any atom is 0.243 e. The van der Waals surface area contributed by atoms with Crippen LogP contribution in [-0.4, -0.2) is 15.5 Å². The Hall–Kier alpha value is -2.69. The lowest BCUT2D eigenvalue weighted by Crippen LogP contribution is -2.30. The van der Waals surface area contributed by atoms with E-state index in [1.807, 2.05) is 35.8 Å². The van der Waals surface area contributed by atoms with Crippen molar-refractivity contribution in [3.05, 3.63) is 66.2 Å². The van der Waals surface area contributed by atoms with Crippen molar-refractivity contribution in [2.45, 2.75) is 19.5 Å². The van der Waals surface area contributed by atoms with E-state index < -0.39 is 0 Å². The van der Waals surface area contributed by atoms with E-state index >= 15 is 0 Å². The molecule has 112 valence electrons. The second-order valence-corrected chi connectivity index (χ2v) is 5.16. The Balaban J connectivity index is 1.72. The van der Waals surface area contributed by atoms with Crippen molar-refractivity contribution in [3.8, 4) is 0 Å². The standard InChI is InChI=1S/C17H16FN3O/c1-12(21-11-20-15-7-2-3-8-16(15)21)17(22)19-10-13-5-4-6-14(18)9-13/h2-9,11-12H,10H2,1H3,(H,19,22). The summed E-state index contributed by atoms with van der Waals surface area (Å²) in [6.07, 6.45) is 1.66. The van der Waals surface area contributed by atoms with Crippen LogP contribution in [0.3, 0.4) is 0 Å². The fourth-order valence-corrected chi connectivity index (χ4v) is 2.40. The van der Waals surface area contributed by atoms with E-state index in [-0.39, 0.29) is 17.8 Å². The Bertz CT molecular complexity index is 812. The molecule has 3 rings (SSSR count). The van der Waals surface area contributed by atoms with E-state index in [4.69, 9.17) is 0 Å². The zero-order valence-electron chi connectivity index (χ0n) is 12.2. The largest absolute Gasteiger partial charge is 0.350 e. The smallest absolute Gasteiger partial charge is 0.243 e. The van der Waals surface area contributed by atoms with Crippen molar-refractivity contribution in [2.24, 2.45) is 0 Å². The number of hydrogen-bond donors (Lipinski definition) is 1. The molecule has 5 heteroatoms. The summed E-state index contributed by atoms with van der Waals surface area (Å²) in [6, 6.07) is 13.5. The van der Waals surface area contributed by atoms with Gasteiger partial charge in [0.25, 0.3) is 0 Å². The molecule has 3 aromatic rings. The highest BCUT2D eigenvalue weighted by molar-refractivity contribution is 5.83. The van der Waals surface area contributed by atoms with Crippen molar-refractivity contribution >= 4 is 16.9 Å². The lowest BCUT2D eigenvalue weighted by molar-refractivity contribution is -0.123. The molecule has 1 heterocycles. The molecule has 0 aliphatic heterocycles. The van der Waals surface area contributed by atoms with Gasteiger partial charge in [-0.25, -0.2) is 9.37 Å². The molecule has 0 saturated heterocycles. The van der Waals surface area contributed by atoms with E-state index in [0.29, 0.717) is 6.54 Å². The van der Waals surface area contributed by atoms with E-state index in [9.17, 15) is 9.18 Å². The topological polar surface area (TPSA) is 46.9 Å². The SMILES string of the molecule is CC(C(=O)NCc1cccc(F)c1)n1cnc2ccccc21. The van der Waals surface area contributed by atoms with Crippen LogP contribution in [0, 0.1) is 5.82 Å². The van der Waals surface area contributed by atoms with Crippen LogP contribution in [0.2, 0.25) is 0 Å². The highest BCUT2D eigenvalue weighted by Gasteiger charge is 2.16. The Kier molecular flexibility index (Phi) is 3.87. The quantitative estimate of drug-likeness (QED) is 0.804. The van der Waals surface area contributed by atoms with Gasteiger partial charge in [-0.1, -0.05) is 24.3 Å². The number of imidazole rings is 1. The Morgan fingerprint density at radius 3 is 2.91 bits per heavy atom. The number of benzene rings is 2. The summed E-state index contributed by atoms with van der Waals surface area (Å²) in [5.41, 5.74) is 2.50.